The molecule has 0 fully saturated rings. The van der Waals surface area contributed by atoms with Crippen LogP contribution in [0.2, 0.25) is 5.02 Å². The number of rotatable bonds is 2. The molecule has 84 valence electrons. The maximum absolute atomic E-state index is 10.9. The van der Waals surface area contributed by atoms with Crippen molar-refractivity contribution < 1.29 is 13.0 Å². The minimum Gasteiger partial charge on any atom is -0.398 e. The van der Waals surface area contributed by atoms with Crippen molar-refractivity contribution >= 4 is 27.4 Å². The lowest BCUT2D eigenvalue weighted by Crippen LogP contribution is -2.04. The van der Waals surface area contributed by atoms with Crippen molar-refractivity contribution in [2.24, 2.45) is 0 Å². The van der Waals surface area contributed by atoms with Crippen LogP contribution in [0.1, 0.15) is 25.3 Å². The molecule has 0 atom stereocenters. The fourth-order valence-corrected chi connectivity index (χ4v) is 2.33. The Kier molecular flexibility index (Phi) is 3.28. The van der Waals surface area contributed by atoms with E-state index in [2.05, 4.69) is 0 Å². The van der Waals surface area contributed by atoms with Crippen molar-refractivity contribution in [1.29, 1.82) is 0 Å². The molecule has 1 aromatic rings. The number of nitrogen functional groups attached to an aromatic ring is 1. The minimum atomic E-state index is -4.31. The van der Waals surface area contributed by atoms with E-state index in [0.29, 0.717) is 0 Å². The van der Waals surface area contributed by atoms with Gasteiger partial charge in [0.15, 0.2) is 0 Å². The van der Waals surface area contributed by atoms with Crippen LogP contribution in [0.5, 0.6) is 0 Å². The molecule has 1 aromatic carbocycles. The number of nitrogens with two attached hydrogens (primary N) is 1. The van der Waals surface area contributed by atoms with Crippen LogP contribution in [0.15, 0.2) is 17.0 Å². The summed E-state index contributed by atoms with van der Waals surface area (Å²) >= 11 is 5.87. The molecule has 0 aliphatic heterocycles. The molecule has 1 rings (SSSR count). The molecule has 0 unspecified atom stereocenters. The third kappa shape index (κ3) is 2.62. The second-order valence-corrected chi connectivity index (χ2v) is 5.34. The number of halogens is 1. The maximum Gasteiger partial charge on any atom is 0.296 e. The summed E-state index contributed by atoms with van der Waals surface area (Å²) in [6, 6.07) is 2.64. The molecule has 6 heteroatoms. The molecular weight excluding hydrogens is 238 g/mol. The van der Waals surface area contributed by atoms with Gasteiger partial charge in [0.05, 0.1) is 5.69 Å². The molecule has 15 heavy (non-hydrogen) atoms. The summed E-state index contributed by atoms with van der Waals surface area (Å²) in [6.45, 7) is 3.82. The minimum absolute atomic E-state index is 0.00519. The molecule has 4 nitrogen and oxygen atoms in total. The molecule has 0 heterocycles. The lowest BCUT2D eigenvalue weighted by atomic mass is 10.0. The van der Waals surface area contributed by atoms with Crippen molar-refractivity contribution in [3.63, 3.8) is 0 Å². The van der Waals surface area contributed by atoms with Gasteiger partial charge < -0.3 is 5.73 Å². The van der Waals surface area contributed by atoms with E-state index in [1.54, 1.807) is 0 Å². The quantitative estimate of drug-likeness (QED) is 0.623. The van der Waals surface area contributed by atoms with E-state index in [1.165, 1.54) is 12.1 Å². The van der Waals surface area contributed by atoms with E-state index < -0.39 is 10.1 Å². The van der Waals surface area contributed by atoms with Gasteiger partial charge in [0.2, 0.25) is 0 Å². The molecule has 0 amide bonds. The van der Waals surface area contributed by atoms with E-state index >= 15 is 0 Å². The first kappa shape index (κ1) is 12.3. The van der Waals surface area contributed by atoms with E-state index in [4.69, 9.17) is 21.9 Å². The van der Waals surface area contributed by atoms with Gasteiger partial charge in [-0.1, -0.05) is 25.4 Å². The topological polar surface area (TPSA) is 80.4 Å². The summed E-state index contributed by atoms with van der Waals surface area (Å²) in [5, 5.41) is 0.284. The Bertz CT molecular complexity index is 482. The predicted molar refractivity (Wildman–Crippen MR) is 59.8 cm³/mol. The summed E-state index contributed by atoms with van der Waals surface area (Å²) in [4.78, 5) is -0.350. The first-order valence-corrected chi connectivity index (χ1v) is 6.11. The molecule has 0 aromatic heterocycles. The second-order valence-electron chi connectivity index (χ2n) is 3.54. The SMILES string of the molecule is CC(C)c1cc(N)c(S(=O)(=O)O)cc1Cl. The number of anilines is 1. The van der Waals surface area contributed by atoms with Crippen LogP contribution in [0.25, 0.3) is 0 Å². The van der Waals surface area contributed by atoms with Crippen molar-refractivity contribution in [2.45, 2.75) is 24.7 Å². The predicted octanol–water partition coefficient (Wildman–Crippen LogP) is 2.29. The third-order valence-corrected chi connectivity index (χ3v) is 3.27. The van der Waals surface area contributed by atoms with Gasteiger partial charge in [-0.25, -0.2) is 0 Å². The monoisotopic (exact) mass is 249 g/mol. The highest BCUT2D eigenvalue weighted by Crippen LogP contribution is 2.31. The van der Waals surface area contributed by atoms with Gasteiger partial charge in [0.1, 0.15) is 4.90 Å². The fraction of sp³-hybridized carbons (Fsp3) is 0.333. The Morgan fingerprint density at radius 2 is 1.93 bits per heavy atom. The standard InChI is InChI=1S/C9H12ClNO3S/c1-5(2)6-3-8(11)9(4-7(6)10)15(12,13)14/h3-5H,11H2,1-2H3,(H,12,13,14). The molecule has 0 radical (unpaired) electrons. The van der Waals surface area contributed by atoms with Crippen molar-refractivity contribution in [1.82, 2.24) is 0 Å². The zero-order chi connectivity index (χ0) is 11.8. The van der Waals surface area contributed by atoms with Gasteiger partial charge in [-0.2, -0.15) is 8.42 Å². The molecule has 3 N–H and O–H groups in total. The highest BCUT2D eigenvalue weighted by Gasteiger charge is 2.17. The summed E-state index contributed by atoms with van der Waals surface area (Å²) < 4.78 is 30.7. The van der Waals surface area contributed by atoms with Crippen LogP contribution in [0, 0.1) is 0 Å². The van der Waals surface area contributed by atoms with Crippen LogP contribution >= 0.6 is 11.6 Å². The Morgan fingerprint density at radius 3 is 2.33 bits per heavy atom. The first-order valence-electron chi connectivity index (χ1n) is 4.30. The Balaban J connectivity index is 3.46. The number of hydrogen-bond acceptors (Lipinski definition) is 3. The largest absolute Gasteiger partial charge is 0.398 e. The Labute approximate surface area is 93.8 Å². The molecule has 0 aliphatic carbocycles. The zero-order valence-corrected chi connectivity index (χ0v) is 9.93. The van der Waals surface area contributed by atoms with E-state index in [9.17, 15) is 8.42 Å². The molecule has 0 aliphatic rings. The molecular formula is C9H12ClNO3S. The van der Waals surface area contributed by atoms with Gasteiger partial charge in [-0.3, -0.25) is 4.55 Å². The second kappa shape index (κ2) is 4.00. The highest BCUT2D eigenvalue weighted by atomic mass is 35.5. The summed E-state index contributed by atoms with van der Waals surface area (Å²) in [7, 11) is -4.31. The summed E-state index contributed by atoms with van der Waals surface area (Å²) in [5.74, 6) is 0.134. The average Bonchev–Trinajstić information content (AvgIpc) is 2.06. The zero-order valence-electron chi connectivity index (χ0n) is 8.36. The smallest absolute Gasteiger partial charge is 0.296 e. The van der Waals surface area contributed by atoms with Gasteiger partial charge in [0.25, 0.3) is 10.1 Å². The lowest BCUT2D eigenvalue weighted by molar-refractivity contribution is 0.483. The van der Waals surface area contributed by atoms with Crippen LogP contribution in [-0.4, -0.2) is 13.0 Å². The molecule has 0 spiro atoms. The van der Waals surface area contributed by atoms with Crippen molar-refractivity contribution in [3.8, 4) is 0 Å². The highest BCUT2D eigenvalue weighted by molar-refractivity contribution is 7.86. The normalized spacial score (nSPS) is 12.1. The summed E-state index contributed by atoms with van der Waals surface area (Å²) in [5.41, 5.74) is 6.27. The Morgan fingerprint density at radius 1 is 1.40 bits per heavy atom. The van der Waals surface area contributed by atoms with E-state index in [-0.39, 0.29) is 21.5 Å². The first-order chi connectivity index (χ1) is 6.73. The number of hydrogen-bond donors (Lipinski definition) is 2. The lowest BCUT2D eigenvalue weighted by Gasteiger charge is -2.11. The molecule has 0 saturated heterocycles. The van der Waals surface area contributed by atoms with E-state index in [0.717, 1.165) is 5.56 Å². The molecule has 0 bridgehead atoms. The number of benzene rings is 1. The molecule has 0 saturated carbocycles. The van der Waals surface area contributed by atoms with Crippen LogP contribution in [0.4, 0.5) is 5.69 Å². The van der Waals surface area contributed by atoms with Gasteiger partial charge >= 0.3 is 0 Å². The van der Waals surface area contributed by atoms with E-state index in [1.807, 2.05) is 13.8 Å². The van der Waals surface area contributed by atoms with Crippen molar-refractivity contribution in [3.05, 3.63) is 22.7 Å². The fourth-order valence-electron chi connectivity index (χ4n) is 1.26. The van der Waals surface area contributed by atoms with Crippen molar-refractivity contribution in [2.75, 3.05) is 5.73 Å². The van der Waals surface area contributed by atoms with Gasteiger partial charge in [-0.05, 0) is 23.6 Å². The van der Waals surface area contributed by atoms with Gasteiger partial charge in [-0.15, -0.1) is 0 Å². The Hall–Kier alpha value is -0.780. The summed E-state index contributed by atoms with van der Waals surface area (Å²) in [6.07, 6.45) is 0. The van der Waals surface area contributed by atoms with Crippen LogP contribution < -0.4 is 5.73 Å². The van der Waals surface area contributed by atoms with Crippen LogP contribution in [0.3, 0.4) is 0 Å². The average molecular weight is 250 g/mol. The van der Waals surface area contributed by atoms with Crippen LogP contribution in [-0.2, 0) is 10.1 Å². The maximum atomic E-state index is 10.9. The third-order valence-electron chi connectivity index (χ3n) is 2.03. The van der Waals surface area contributed by atoms with Gasteiger partial charge in [0, 0.05) is 5.02 Å².